The standard InChI is InChI=1S/C18H22N2O4/c1-18(21)11-14(12-7-3-2-4-8-12)16(20(22)23)17(24-18)13-9-5-6-10-15(13)19/h2-10,14,16-17,20-22H,11,19H2,1H3/t14-,16-,17+,18-/m0/s1. The quantitative estimate of drug-likeness (QED) is 0.503. The molecule has 0 aromatic heterocycles. The summed E-state index contributed by atoms with van der Waals surface area (Å²) in [4.78, 5) is 0. The Balaban J connectivity index is 2.08. The molecule has 2 aromatic rings. The number of quaternary nitrogens is 1. The molecule has 6 nitrogen and oxygen atoms in total. The van der Waals surface area contributed by atoms with Crippen LogP contribution in [0.2, 0.25) is 0 Å². The number of ether oxygens (including phenoxy) is 1. The summed E-state index contributed by atoms with van der Waals surface area (Å²) >= 11 is 0. The van der Waals surface area contributed by atoms with Gasteiger partial charge in [-0.1, -0.05) is 48.5 Å². The van der Waals surface area contributed by atoms with Crippen LogP contribution in [-0.2, 0) is 4.74 Å². The number of benzene rings is 2. The van der Waals surface area contributed by atoms with Crippen molar-refractivity contribution in [3.05, 3.63) is 70.9 Å². The van der Waals surface area contributed by atoms with Gasteiger partial charge in [-0.25, -0.2) is 10.4 Å². The van der Waals surface area contributed by atoms with Crippen LogP contribution < -0.4 is 11.0 Å². The molecule has 1 fully saturated rings. The zero-order valence-corrected chi connectivity index (χ0v) is 13.4. The minimum Gasteiger partial charge on any atom is -0.600 e. The lowest BCUT2D eigenvalue weighted by Gasteiger charge is -2.46. The molecule has 5 atom stereocenters. The molecule has 0 spiro atoms. The molecule has 0 saturated carbocycles. The number of aliphatic hydroxyl groups is 1. The van der Waals surface area contributed by atoms with Gasteiger partial charge >= 0.3 is 0 Å². The monoisotopic (exact) mass is 330 g/mol. The van der Waals surface area contributed by atoms with Gasteiger partial charge < -0.3 is 20.8 Å². The fraction of sp³-hybridized carbons (Fsp3) is 0.333. The lowest BCUT2D eigenvalue weighted by atomic mass is 9.79. The van der Waals surface area contributed by atoms with Crippen LogP contribution in [0.4, 0.5) is 5.69 Å². The normalized spacial score (nSPS) is 31.6. The van der Waals surface area contributed by atoms with E-state index >= 15 is 0 Å². The zero-order valence-electron chi connectivity index (χ0n) is 13.4. The first-order chi connectivity index (χ1) is 11.4. The van der Waals surface area contributed by atoms with Gasteiger partial charge in [0.25, 0.3) is 0 Å². The van der Waals surface area contributed by atoms with Gasteiger partial charge in [0, 0.05) is 23.6 Å². The number of nitrogens with one attached hydrogen (secondary N) is 1. The maximum atomic E-state index is 12.0. The van der Waals surface area contributed by atoms with Crippen molar-refractivity contribution in [3.8, 4) is 0 Å². The molecule has 0 amide bonds. The van der Waals surface area contributed by atoms with Gasteiger partial charge in [0.15, 0.2) is 11.8 Å². The van der Waals surface area contributed by atoms with Gasteiger partial charge in [0.1, 0.15) is 6.10 Å². The number of hydrogen-bond donors (Lipinski definition) is 4. The van der Waals surface area contributed by atoms with E-state index in [0.29, 0.717) is 11.3 Å². The molecule has 6 heteroatoms. The van der Waals surface area contributed by atoms with Crippen LogP contribution in [-0.4, -0.2) is 22.1 Å². The first-order valence-corrected chi connectivity index (χ1v) is 7.91. The van der Waals surface area contributed by atoms with Crippen LogP contribution in [0.1, 0.15) is 36.5 Å². The van der Waals surface area contributed by atoms with Gasteiger partial charge in [-0.05, 0) is 18.6 Å². The highest BCUT2D eigenvalue weighted by Crippen LogP contribution is 2.44. The highest BCUT2D eigenvalue weighted by atomic mass is 16.8. The molecule has 24 heavy (non-hydrogen) atoms. The topological polar surface area (TPSA) is 103 Å². The molecule has 1 saturated heterocycles. The average molecular weight is 330 g/mol. The fourth-order valence-electron chi connectivity index (χ4n) is 3.49. The van der Waals surface area contributed by atoms with Crippen molar-refractivity contribution < 1.29 is 20.3 Å². The molecule has 128 valence electrons. The Kier molecular flexibility index (Phi) is 4.58. The summed E-state index contributed by atoms with van der Waals surface area (Å²) in [6.07, 6.45) is -0.616. The van der Waals surface area contributed by atoms with Crippen LogP contribution in [0.5, 0.6) is 0 Å². The lowest BCUT2D eigenvalue weighted by molar-refractivity contribution is -1.07. The summed E-state index contributed by atoms with van der Waals surface area (Å²) < 4.78 is 5.76. The Hall–Kier alpha value is -1.96. The molecule has 0 radical (unpaired) electrons. The molecule has 5 N–H and O–H groups in total. The smallest absolute Gasteiger partial charge is 0.164 e. The van der Waals surface area contributed by atoms with Gasteiger partial charge in [0.2, 0.25) is 0 Å². The van der Waals surface area contributed by atoms with Gasteiger partial charge in [-0.15, -0.1) is 0 Å². The van der Waals surface area contributed by atoms with Crippen molar-refractivity contribution >= 4 is 5.69 Å². The second kappa shape index (κ2) is 6.51. The molecule has 0 aliphatic carbocycles. The number of nitrogen functional groups attached to an aromatic ring is 1. The van der Waals surface area contributed by atoms with Crippen molar-refractivity contribution in [2.45, 2.75) is 37.2 Å². The third kappa shape index (κ3) is 3.28. The van der Waals surface area contributed by atoms with Gasteiger partial charge in [-0.2, -0.15) is 0 Å². The first kappa shape index (κ1) is 16.9. The average Bonchev–Trinajstić information content (AvgIpc) is 2.54. The van der Waals surface area contributed by atoms with Gasteiger partial charge in [0.05, 0.1) is 0 Å². The van der Waals surface area contributed by atoms with Gasteiger partial charge in [-0.3, -0.25) is 0 Å². The van der Waals surface area contributed by atoms with Crippen molar-refractivity contribution in [3.63, 3.8) is 0 Å². The molecule has 1 aliphatic rings. The second-order valence-electron chi connectivity index (χ2n) is 6.43. The van der Waals surface area contributed by atoms with Crippen molar-refractivity contribution in [2.75, 3.05) is 5.73 Å². The Morgan fingerprint density at radius 2 is 1.79 bits per heavy atom. The number of para-hydroxylation sites is 1. The third-order valence-electron chi connectivity index (χ3n) is 4.55. The SMILES string of the molecule is C[C@@]1(O)C[C@@H](c2ccccc2)[C@H]([NH+]([O-])O)[C@@H](c2ccccc2N)O1. The number of nitrogens with two attached hydrogens (primary N) is 1. The van der Waals surface area contributed by atoms with Crippen molar-refractivity contribution in [1.82, 2.24) is 0 Å². The third-order valence-corrected chi connectivity index (χ3v) is 4.55. The van der Waals surface area contributed by atoms with Crippen LogP contribution in [0.25, 0.3) is 0 Å². The summed E-state index contributed by atoms with van der Waals surface area (Å²) in [6.45, 7) is 1.56. The Morgan fingerprint density at radius 1 is 1.17 bits per heavy atom. The predicted molar refractivity (Wildman–Crippen MR) is 89.0 cm³/mol. The molecule has 3 rings (SSSR count). The highest BCUT2D eigenvalue weighted by Gasteiger charge is 2.49. The summed E-state index contributed by atoms with van der Waals surface area (Å²) in [7, 11) is 0. The summed E-state index contributed by atoms with van der Waals surface area (Å²) in [5.74, 6) is -1.81. The summed E-state index contributed by atoms with van der Waals surface area (Å²) in [5, 5.41) is 31.5. The van der Waals surface area contributed by atoms with Crippen LogP contribution in [0, 0.1) is 5.21 Å². The zero-order chi connectivity index (χ0) is 17.3. The van der Waals surface area contributed by atoms with E-state index in [-0.39, 0.29) is 12.3 Å². The minimum atomic E-state index is -1.43. The number of hydrogen-bond acceptors (Lipinski definition) is 5. The number of rotatable bonds is 3. The van der Waals surface area contributed by atoms with E-state index in [4.69, 9.17) is 10.5 Å². The molecule has 1 heterocycles. The summed E-state index contributed by atoms with van der Waals surface area (Å²) in [6, 6.07) is 15.6. The van der Waals surface area contributed by atoms with E-state index in [0.717, 1.165) is 5.56 Å². The van der Waals surface area contributed by atoms with E-state index in [2.05, 4.69) is 0 Å². The Bertz CT molecular complexity index is 690. The molecular formula is C18H22N2O4. The summed E-state index contributed by atoms with van der Waals surface area (Å²) in [5.41, 5.74) is 7.95. The molecule has 0 bridgehead atoms. The Morgan fingerprint density at radius 3 is 2.42 bits per heavy atom. The fourth-order valence-corrected chi connectivity index (χ4v) is 3.49. The van der Waals surface area contributed by atoms with E-state index in [9.17, 15) is 15.5 Å². The van der Waals surface area contributed by atoms with E-state index in [1.54, 1.807) is 31.2 Å². The maximum absolute atomic E-state index is 12.0. The minimum absolute atomic E-state index is 0.206. The molecule has 1 unspecified atom stereocenters. The van der Waals surface area contributed by atoms with Crippen LogP contribution in [0.15, 0.2) is 54.6 Å². The molecule has 1 aliphatic heterocycles. The largest absolute Gasteiger partial charge is 0.600 e. The second-order valence-corrected chi connectivity index (χ2v) is 6.43. The van der Waals surface area contributed by atoms with E-state index in [1.807, 2.05) is 30.3 Å². The molecular weight excluding hydrogens is 308 g/mol. The molecule has 2 aromatic carbocycles. The lowest BCUT2D eigenvalue weighted by Crippen LogP contribution is -3.10. The number of anilines is 1. The van der Waals surface area contributed by atoms with Crippen LogP contribution >= 0.6 is 0 Å². The van der Waals surface area contributed by atoms with E-state index in [1.165, 1.54) is 0 Å². The maximum Gasteiger partial charge on any atom is 0.164 e. The Labute approximate surface area is 140 Å². The number of hydroxylamine groups is 2. The first-order valence-electron chi connectivity index (χ1n) is 7.91. The van der Waals surface area contributed by atoms with Crippen LogP contribution in [0.3, 0.4) is 0 Å². The predicted octanol–water partition coefficient (Wildman–Crippen LogP) is 1.36. The van der Waals surface area contributed by atoms with E-state index < -0.39 is 23.2 Å². The van der Waals surface area contributed by atoms with Crippen molar-refractivity contribution in [1.29, 1.82) is 0 Å². The van der Waals surface area contributed by atoms with Crippen molar-refractivity contribution in [2.24, 2.45) is 0 Å². The highest BCUT2D eigenvalue weighted by molar-refractivity contribution is 5.48.